The molecule has 1 amide bonds. The fraction of sp³-hybridized carbons (Fsp3) is 0.435. The zero-order chi connectivity index (χ0) is 22.4. The van der Waals surface area contributed by atoms with Crippen molar-refractivity contribution >= 4 is 27.5 Å². The molecule has 0 bridgehead atoms. The van der Waals surface area contributed by atoms with Gasteiger partial charge in [0.15, 0.2) is 6.61 Å². The Kier molecular flexibility index (Phi) is 7.97. The van der Waals surface area contributed by atoms with Crippen molar-refractivity contribution in [1.29, 1.82) is 0 Å². The van der Waals surface area contributed by atoms with E-state index in [9.17, 15) is 13.2 Å². The average molecular weight is 465 g/mol. The predicted molar refractivity (Wildman–Crippen MR) is 122 cm³/mol. The molecule has 31 heavy (non-hydrogen) atoms. The van der Waals surface area contributed by atoms with Crippen LogP contribution in [0.25, 0.3) is 0 Å². The van der Waals surface area contributed by atoms with Crippen molar-refractivity contribution in [3.8, 4) is 5.75 Å². The maximum atomic E-state index is 12.7. The molecule has 1 fully saturated rings. The molecule has 0 radical (unpaired) electrons. The van der Waals surface area contributed by atoms with Crippen molar-refractivity contribution in [3.05, 3.63) is 58.6 Å². The van der Waals surface area contributed by atoms with Crippen LogP contribution in [0, 0.1) is 6.92 Å². The second-order valence-corrected chi connectivity index (χ2v) is 10.2. The van der Waals surface area contributed by atoms with Gasteiger partial charge in [-0.25, -0.2) is 13.1 Å². The lowest BCUT2D eigenvalue weighted by molar-refractivity contribution is -0.123. The lowest BCUT2D eigenvalue weighted by atomic mass is 9.96. The molecule has 2 aromatic carbocycles. The van der Waals surface area contributed by atoms with E-state index in [2.05, 4.69) is 10.0 Å². The summed E-state index contributed by atoms with van der Waals surface area (Å²) >= 11 is 5.89. The smallest absolute Gasteiger partial charge is 0.258 e. The fourth-order valence-electron chi connectivity index (χ4n) is 3.72. The van der Waals surface area contributed by atoms with Crippen LogP contribution in [0.2, 0.25) is 5.02 Å². The van der Waals surface area contributed by atoms with Gasteiger partial charge < -0.3 is 10.1 Å². The Labute approximate surface area is 189 Å². The lowest BCUT2D eigenvalue weighted by Crippen LogP contribution is -2.36. The number of hydrogen-bond donors (Lipinski definition) is 2. The summed E-state index contributed by atoms with van der Waals surface area (Å²) in [5.74, 6) is 0.212. The first-order chi connectivity index (χ1) is 14.7. The van der Waals surface area contributed by atoms with Gasteiger partial charge in [0.05, 0.1) is 10.9 Å². The molecule has 1 aliphatic carbocycles. The maximum Gasteiger partial charge on any atom is 0.258 e. The van der Waals surface area contributed by atoms with Crippen LogP contribution in [0.1, 0.15) is 56.2 Å². The molecule has 1 saturated carbocycles. The van der Waals surface area contributed by atoms with Gasteiger partial charge in [0.25, 0.3) is 5.91 Å². The zero-order valence-electron chi connectivity index (χ0n) is 17.9. The number of sulfonamides is 1. The van der Waals surface area contributed by atoms with Crippen LogP contribution in [0.15, 0.2) is 47.4 Å². The second-order valence-electron chi connectivity index (χ2n) is 8.01. The first-order valence-corrected chi connectivity index (χ1v) is 12.4. The number of nitrogens with one attached hydrogen (secondary N) is 2. The highest BCUT2D eigenvalue weighted by Gasteiger charge is 2.22. The first kappa shape index (κ1) is 23.6. The minimum Gasteiger partial charge on any atom is -0.484 e. The topological polar surface area (TPSA) is 84.5 Å². The van der Waals surface area contributed by atoms with Gasteiger partial charge in [-0.1, -0.05) is 43.0 Å². The Bertz CT molecular complexity index is 1000. The molecule has 8 heteroatoms. The molecular weight excluding hydrogens is 436 g/mol. The van der Waals surface area contributed by atoms with E-state index < -0.39 is 10.0 Å². The molecule has 168 valence electrons. The van der Waals surface area contributed by atoms with Gasteiger partial charge in [0, 0.05) is 11.1 Å². The maximum absolute atomic E-state index is 12.7. The molecule has 0 aliphatic heterocycles. The highest BCUT2D eigenvalue weighted by Crippen LogP contribution is 2.24. The van der Waals surface area contributed by atoms with E-state index in [0.717, 1.165) is 37.7 Å². The van der Waals surface area contributed by atoms with Crippen molar-refractivity contribution in [2.24, 2.45) is 0 Å². The lowest BCUT2D eigenvalue weighted by Gasteiger charge is -2.22. The molecule has 2 aromatic rings. The number of aryl methyl sites for hydroxylation is 1. The van der Waals surface area contributed by atoms with Crippen LogP contribution < -0.4 is 14.8 Å². The molecule has 2 N–H and O–H groups in total. The predicted octanol–water partition coefficient (Wildman–Crippen LogP) is 4.52. The van der Waals surface area contributed by atoms with E-state index in [0.29, 0.717) is 16.3 Å². The summed E-state index contributed by atoms with van der Waals surface area (Å²) in [7, 11) is -3.57. The van der Waals surface area contributed by atoms with Gasteiger partial charge >= 0.3 is 0 Å². The molecule has 6 nitrogen and oxygen atoms in total. The van der Waals surface area contributed by atoms with Crippen LogP contribution in [-0.4, -0.2) is 27.0 Å². The fourth-order valence-corrected chi connectivity index (χ4v) is 5.24. The zero-order valence-corrected chi connectivity index (χ0v) is 19.4. The number of hydrogen-bond acceptors (Lipinski definition) is 4. The van der Waals surface area contributed by atoms with Gasteiger partial charge in [-0.3, -0.25) is 4.79 Å². The van der Waals surface area contributed by atoms with Crippen molar-refractivity contribution in [3.63, 3.8) is 0 Å². The van der Waals surface area contributed by atoms with E-state index in [-0.39, 0.29) is 29.5 Å². The Balaban J connectivity index is 1.56. The first-order valence-electron chi connectivity index (χ1n) is 10.6. The van der Waals surface area contributed by atoms with Crippen molar-refractivity contribution < 1.29 is 17.9 Å². The summed E-state index contributed by atoms with van der Waals surface area (Å²) in [4.78, 5) is 12.5. The molecule has 0 heterocycles. The summed E-state index contributed by atoms with van der Waals surface area (Å²) in [5.41, 5.74) is 1.60. The molecule has 0 spiro atoms. The van der Waals surface area contributed by atoms with E-state index in [1.54, 1.807) is 31.2 Å². The number of carbonyl (C=O) groups is 1. The second kappa shape index (κ2) is 10.5. The Morgan fingerprint density at radius 3 is 2.45 bits per heavy atom. The molecule has 3 rings (SSSR count). The number of ether oxygens (including phenoxy) is 1. The molecule has 0 unspecified atom stereocenters. The quantitative estimate of drug-likeness (QED) is 0.601. The van der Waals surface area contributed by atoms with Gasteiger partial charge in [-0.15, -0.1) is 0 Å². The summed E-state index contributed by atoms with van der Waals surface area (Å²) in [5, 5.41) is 3.51. The molecule has 0 aromatic heterocycles. The van der Waals surface area contributed by atoms with E-state index >= 15 is 0 Å². The number of carbonyl (C=O) groups excluding carboxylic acids is 1. The third kappa shape index (κ3) is 6.69. The molecular formula is C23H29ClN2O4S. The molecule has 1 aliphatic rings. The standard InChI is InChI=1S/C23H29ClN2O4S/c1-16-14-21(31(28,29)26-20-6-4-3-5-7-20)12-13-22(16)30-15-23(27)25-17(2)18-8-10-19(24)11-9-18/h8-14,17,20,26H,3-7,15H2,1-2H3,(H,25,27)/t17-/m1/s1. The van der Waals surface area contributed by atoms with Crippen LogP contribution in [0.5, 0.6) is 5.75 Å². The van der Waals surface area contributed by atoms with Gasteiger partial charge in [0.1, 0.15) is 5.75 Å². The summed E-state index contributed by atoms with van der Waals surface area (Å²) in [6.45, 7) is 3.49. The Hall–Kier alpha value is -2.09. The summed E-state index contributed by atoms with van der Waals surface area (Å²) < 4.78 is 33.8. The molecule has 0 saturated heterocycles. The highest BCUT2D eigenvalue weighted by atomic mass is 35.5. The van der Waals surface area contributed by atoms with Crippen LogP contribution in [-0.2, 0) is 14.8 Å². The van der Waals surface area contributed by atoms with E-state index in [1.807, 2.05) is 19.1 Å². The minimum atomic E-state index is -3.57. The Morgan fingerprint density at radius 1 is 1.13 bits per heavy atom. The number of rotatable bonds is 8. The minimum absolute atomic E-state index is 0.00121. The van der Waals surface area contributed by atoms with Gasteiger partial charge in [0.2, 0.25) is 10.0 Å². The van der Waals surface area contributed by atoms with Crippen molar-refractivity contribution in [2.45, 2.75) is 62.9 Å². The third-order valence-electron chi connectivity index (χ3n) is 5.49. The van der Waals surface area contributed by atoms with Crippen LogP contribution >= 0.6 is 11.6 Å². The largest absolute Gasteiger partial charge is 0.484 e. The van der Waals surface area contributed by atoms with Gasteiger partial charge in [-0.05, 0) is 68.1 Å². The van der Waals surface area contributed by atoms with E-state index in [4.69, 9.17) is 16.3 Å². The SMILES string of the molecule is Cc1cc(S(=O)(=O)NC2CCCCC2)ccc1OCC(=O)N[C@H](C)c1ccc(Cl)cc1. The Morgan fingerprint density at radius 2 is 1.81 bits per heavy atom. The van der Waals surface area contributed by atoms with E-state index in [1.165, 1.54) is 6.07 Å². The monoisotopic (exact) mass is 464 g/mol. The number of benzene rings is 2. The number of halogens is 1. The van der Waals surface area contributed by atoms with Crippen LogP contribution in [0.3, 0.4) is 0 Å². The molecule has 1 atom stereocenters. The summed E-state index contributed by atoms with van der Waals surface area (Å²) in [6, 6.07) is 11.8. The number of amides is 1. The third-order valence-corrected chi connectivity index (χ3v) is 7.26. The normalized spacial score (nSPS) is 16.0. The van der Waals surface area contributed by atoms with Gasteiger partial charge in [-0.2, -0.15) is 0 Å². The van der Waals surface area contributed by atoms with Crippen LogP contribution in [0.4, 0.5) is 0 Å². The average Bonchev–Trinajstić information content (AvgIpc) is 2.73. The summed E-state index contributed by atoms with van der Waals surface area (Å²) in [6.07, 6.45) is 5.02. The van der Waals surface area contributed by atoms with Crippen molar-refractivity contribution in [2.75, 3.05) is 6.61 Å². The van der Waals surface area contributed by atoms with Crippen molar-refractivity contribution in [1.82, 2.24) is 10.0 Å². The highest BCUT2D eigenvalue weighted by molar-refractivity contribution is 7.89.